The maximum absolute atomic E-state index is 5.72. The van der Waals surface area contributed by atoms with Crippen molar-refractivity contribution in [3.8, 4) is 0 Å². The van der Waals surface area contributed by atoms with Gasteiger partial charge in [0, 0.05) is 12.6 Å². The van der Waals surface area contributed by atoms with Crippen LogP contribution in [0.4, 0.5) is 0 Å². The summed E-state index contributed by atoms with van der Waals surface area (Å²) in [5.41, 5.74) is -0.452. The van der Waals surface area contributed by atoms with E-state index in [1.165, 1.54) is 0 Å². The molecule has 1 heterocycles. The summed E-state index contributed by atoms with van der Waals surface area (Å²) in [6, 6.07) is 0.449. The lowest BCUT2D eigenvalue weighted by Gasteiger charge is -2.23. The highest BCUT2D eigenvalue weighted by molar-refractivity contribution is 4.99. The van der Waals surface area contributed by atoms with Crippen molar-refractivity contribution >= 4 is 0 Å². The summed E-state index contributed by atoms with van der Waals surface area (Å²) in [5, 5.41) is 7.36. The molecule has 0 saturated heterocycles. The molecular formula is C13H25N3O2. The van der Waals surface area contributed by atoms with Gasteiger partial charge in [0.1, 0.15) is 5.60 Å². The van der Waals surface area contributed by atoms with E-state index in [9.17, 15) is 0 Å². The van der Waals surface area contributed by atoms with Crippen LogP contribution in [0.3, 0.4) is 0 Å². The molecular weight excluding hydrogens is 230 g/mol. The maximum Gasteiger partial charge on any atom is 0.240 e. The highest BCUT2D eigenvalue weighted by Crippen LogP contribution is 2.26. The third-order valence-electron chi connectivity index (χ3n) is 3.29. The Bertz CT molecular complexity index is 354. The minimum atomic E-state index is -0.452. The molecule has 0 spiro atoms. The topological polar surface area (TPSA) is 60.2 Å². The molecule has 0 bridgehead atoms. The zero-order valence-electron chi connectivity index (χ0n) is 12.1. The second-order valence-corrected chi connectivity index (χ2v) is 4.72. The van der Waals surface area contributed by atoms with Gasteiger partial charge in [0.25, 0.3) is 0 Å². The molecule has 0 saturated carbocycles. The minimum Gasteiger partial charge on any atom is -0.367 e. The van der Waals surface area contributed by atoms with Crippen molar-refractivity contribution in [2.75, 3.05) is 6.61 Å². The van der Waals surface area contributed by atoms with Gasteiger partial charge in [-0.25, -0.2) is 0 Å². The van der Waals surface area contributed by atoms with Crippen molar-refractivity contribution < 1.29 is 9.26 Å². The molecule has 2 atom stereocenters. The number of aromatic nitrogens is 2. The average molecular weight is 255 g/mol. The summed E-state index contributed by atoms with van der Waals surface area (Å²) < 4.78 is 11.0. The van der Waals surface area contributed by atoms with Crippen molar-refractivity contribution in [2.45, 2.75) is 65.6 Å². The predicted molar refractivity (Wildman–Crippen MR) is 70.2 cm³/mol. The minimum absolute atomic E-state index is 0.449. The highest BCUT2D eigenvalue weighted by Gasteiger charge is 2.30. The van der Waals surface area contributed by atoms with E-state index >= 15 is 0 Å². The Morgan fingerprint density at radius 3 is 2.67 bits per heavy atom. The van der Waals surface area contributed by atoms with Crippen molar-refractivity contribution in [3.05, 3.63) is 11.7 Å². The fourth-order valence-electron chi connectivity index (χ4n) is 1.59. The van der Waals surface area contributed by atoms with E-state index in [-0.39, 0.29) is 0 Å². The summed E-state index contributed by atoms with van der Waals surface area (Å²) in [4.78, 5) is 4.41. The molecule has 2 unspecified atom stereocenters. The van der Waals surface area contributed by atoms with E-state index in [1.54, 1.807) is 0 Å². The van der Waals surface area contributed by atoms with Gasteiger partial charge in [0.15, 0.2) is 0 Å². The first-order valence-corrected chi connectivity index (χ1v) is 6.76. The van der Waals surface area contributed by atoms with E-state index in [0.29, 0.717) is 30.9 Å². The number of nitrogens with zero attached hydrogens (tertiary/aromatic N) is 2. The zero-order valence-corrected chi connectivity index (χ0v) is 12.1. The molecule has 18 heavy (non-hydrogen) atoms. The van der Waals surface area contributed by atoms with Gasteiger partial charge in [-0.15, -0.1) is 0 Å². The molecule has 5 nitrogen and oxygen atoms in total. The molecule has 0 aliphatic heterocycles. The van der Waals surface area contributed by atoms with Crippen LogP contribution in [0.15, 0.2) is 4.52 Å². The Balaban J connectivity index is 2.66. The lowest BCUT2D eigenvalue weighted by atomic mass is 10.0. The molecule has 5 heteroatoms. The van der Waals surface area contributed by atoms with Crippen LogP contribution in [-0.4, -0.2) is 22.8 Å². The molecule has 0 aromatic carbocycles. The Morgan fingerprint density at radius 2 is 2.11 bits per heavy atom. The van der Waals surface area contributed by atoms with Crippen LogP contribution < -0.4 is 5.32 Å². The van der Waals surface area contributed by atoms with Crippen LogP contribution in [0.2, 0.25) is 0 Å². The summed E-state index contributed by atoms with van der Waals surface area (Å²) in [7, 11) is 0. The molecule has 0 radical (unpaired) electrons. The summed E-state index contributed by atoms with van der Waals surface area (Å²) in [6.07, 6.45) is 1.89. The van der Waals surface area contributed by atoms with Crippen molar-refractivity contribution in [2.24, 2.45) is 0 Å². The molecule has 0 fully saturated rings. The first kappa shape index (κ1) is 15.1. The van der Waals surface area contributed by atoms with E-state index in [0.717, 1.165) is 12.8 Å². The number of hydrogen-bond donors (Lipinski definition) is 1. The lowest BCUT2D eigenvalue weighted by Crippen LogP contribution is -2.27. The number of nitrogens with one attached hydrogen (secondary N) is 1. The maximum atomic E-state index is 5.72. The van der Waals surface area contributed by atoms with Gasteiger partial charge < -0.3 is 14.6 Å². The SMILES string of the molecule is CCOC(C)(CC)c1noc(CNC(C)CC)n1. The third-order valence-corrected chi connectivity index (χ3v) is 3.29. The number of ether oxygens (including phenoxy) is 1. The highest BCUT2D eigenvalue weighted by atomic mass is 16.5. The zero-order chi connectivity index (χ0) is 13.6. The molecule has 0 amide bonds. The van der Waals surface area contributed by atoms with Gasteiger partial charge in [-0.1, -0.05) is 19.0 Å². The van der Waals surface area contributed by atoms with Gasteiger partial charge in [0.2, 0.25) is 11.7 Å². The van der Waals surface area contributed by atoms with Gasteiger partial charge in [0.05, 0.1) is 6.54 Å². The first-order chi connectivity index (χ1) is 8.55. The predicted octanol–water partition coefficient (Wildman–Crippen LogP) is 2.62. The quantitative estimate of drug-likeness (QED) is 0.773. The largest absolute Gasteiger partial charge is 0.367 e. The van der Waals surface area contributed by atoms with E-state index in [4.69, 9.17) is 9.26 Å². The van der Waals surface area contributed by atoms with Gasteiger partial charge in [-0.05, 0) is 33.6 Å². The van der Waals surface area contributed by atoms with E-state index in [2.05, 4.69) is 36.2 Å². The second kappa shape index (κ2) is 6.85. The van der Waals surface area contributed by atoms with Crippen LogP contribution in [0.5, 0.6) is 0 Å². The molecule has 1 rings (SSSR count). The van der Waals surface area contributed by atoms with Crippen LogP contribution in [0.25, 0.3) is 0 Å². The van der Waals surface area contributed by atoms with Gasteiger partial charge in [-0.2, -0.15) is 4.98 Å². The monoisotopic (exact) mass is 255 g/mol. The van der Waals surface area contributed by atoms with Crippen LogP contribution in [-0.2, 0) is 16.9 Å². The van der Waals surface area contributed by atoms with Gasteiger partial charge in [-0.3, -0.25) is 0 Å². The molecule has 1 aromatic heterocycles. The van der Waals surface area contributed by atoms with Crippen LogP contribution >= 0.6 is 0 Å². The normalized spacial score (nSPS) is 16.5. The Morgan fingerprint density at radius 1 is 1.39 bits per heavy atom. The smallest absolute Gasteiger partial charge is 0.240 e. The van der Waals surface area contributed by atoms with Crippen molar-refractivity contribution in [1.29, 1.82) is 0 Å². The third kappa shape index (κ3) is 3.78. The van der Waals surface area contributed by atoms with Gasteiger partial charge >= 0.3 is 0 Å². The molecule has 1 aromatic rings. The molecule has 0 aliphatic rings. The second-order valence-electron chi connectivity index (χ2n) is 4.72. The summed E-state index contributed by atoms with van der Waals surface area (Å²) in [5.74, 6) is 1.25. The van der Waals surface area contributed by atoms with Crippen molar-refractivity contribution in [3.63, 3.8) is 0 Å². The Hall–Kier alpha value is -0.940. The van der Waals surface area contributed by atoms with E-state index < -0.39 is 5.60 Å². The fraction of sp³-hybridized carbons (Fsp3) is 0.846. The lowest BCUT2D eigenvalue weighted by molar-refractivity contribution is -0.0403. The molecule has 0 aliphatic carbocycles. The Kier molecular flexibility index (Phi) is 5.75. The summed E-state index contributed by atoms with van der Waals surface area (Å²) in [6.45, 7) is 11.5. The number of rotatable bonds is 8. The van der Waals surface area contributed by atoms with Crippen LogP contribution in [0.1, 0.15) is 59.2 Å². The van der Waals surface area contributed by atoms with E-state index in [1.807, 2.05) is 13.8 Å². The standard InChI is InChI=1S/C13H25N3O2/c1-6-10(4)14-9-11-15-12(16-18-11)13(5,7-2)17-8-3/h10,14H,6-9H2,1-5H3. The molecule has 104 valence electrons. The molecule has 1 N–H and O–H groups in total. The van der Waals surface area contributed by atoms with Crippen LogP contribution in [0, 0.1) is 0 Å². The fourth-order valence-corrected chi connectivity index (χ4v) is 1.59. The number of hydrogen-bond acceptors (Lipinski definition) is 5. The summed E-state index contributed by atoms with van der Waals surface area (Å²) >= 11 is 0. The van der Waals surface area contributed by atoms with Crippen molar-refractivity contribution in [1.82, 2.24) is 15.5 Å². The average Bonchev–Trinajstić information content (AvgIpc) is 2.85. The Labute approximate surface area is 109 Å². The first-order valence-electron chi connectivity index (χ1n) is 6.76.